The second kappa shape index (κ2) is 8.10. The van der Waals surface area contributed by atoms with E-state index >= 15 is 0 Å². The number of carbonyl (C=O) groups is 1. The molecule has 4 rings (SSSR count). The van der Waals surface area contributed by atoms with E-state index in [1.807, 2.05) is 13.8 Å². The summed E-state index contributed by atoms with van der Waals surface area (Å²) in [7, 11) is -0.722. The maximum atomic E-state index is 14.3. The molecule has 1 fully saturated rings. The zero-order valence-corrected chi connectivity index (χ0v) is 19.7. The molecule has 2 aromatic rings. The van der Waals surface area contributed by atoms with Crippen LogP contribution in [-0.2, 0) is 26.0 Å². The van der Waals surface area contributed by atoms with Crippen molar-refractivity contribution in [2.24, 2.45) is 11.8 Å². The van der Waals surface area contributed by atoms with Crippen molar-refractivity contribution in [2.75, 3.05) is 24.7 Å². The Morgan fingerprint density at radius 2 is 2.03 bits per heavy atom. The predicted octanol–water partition coefficient (Wildman–Crippen LogP) is 3.64. The fourth-order valence-corrected chi connectivity index (χ4v) is 5.12. The van der Waals surface area contributed by atoms with Crippen molar-refractivity contribution < 1.29 is 22.3 Å². The van der Waals surface area contributed by atoms with Crippen LogP contribution in [0.2, 0.25) is 0 Å². The topological polar surface area (TPSA) is 89.5 Å². The lowest BCUT2D eigenvalue weighted by Crippen LogP contribution is -2.28. The highest BCUT2D eigenvalue weighted by Gasteiger charge is 2.47. The van der Waals surface area contributed by atoms with E-state index in [1.54, 1.807) is 12.1 Å². The van der Waals surface area contributed by atoms with Crippen molar-refractivity contribution in [2.45, 2.75) is 44.9 Å². The van der Waals surface area contributed by atoms with Crippen LogP contribution in [0.15, 0.2) is 18.2 Å². The predicted molar refractivity (Wildman–Crippen MR) is 119 cm³/mol. The summed E-state index contributed by atoms with van der Waals surface area (Å²) in [6.45, 7) is 4.03. The molecule has 0 radical (unpaired) electrons. The summed E-state index contributed by atoms with van der Waals surface area (Å²) in [4.78, 5) is 21.0. The Bertz CT molecular complexity index is 1180. The van der Waals surface area contributed by atoms with Crippen molar-refractivity contribution in [3.8, 4) is 11.3 Å². The number of sulfonamides is 1. The fourth-order valence-electron chi connectivity index (χ4n) is 4.74. The Balaban J connectivity index is 1.83. The van der Waals surface area contributed by atoms with Gasteiger partial charge in [-0.3, -0.25) is 4.79 Å². The molecule has 0 N–H and O–H groups in total. The monoisotopic (exact) mass is 461 g/mol. The van der Waals surface area contributed by atoms with Crippen LogP contribution in [0.3, 0.4) is 0 Å². The molecular weight excluding hydrogens is 433 g/mol. The van der Waals surface area contributed by atoms with Gasteiger partial charge in [-0.05, 0) is 60.3 Å². The summed E-state index contributed by atoms with van der Waals surface area (Å²) in [6.07, 6.45) is 2.99. The maximum Gasteiger partial charge on any atom is 0.305 e. The number of hydrogen-bond donors (Lipinski definition) is 0. The van der Waals surface area contributed by atoms with E-state index in [1.165, 1.54) is 20.2 Å². The van der Waals surface area contributed by atoms with Gasteiger partial charge in [0.25, 0.3) is 0 Å². The van der Waals surface area contributed by atoms with Gasteiger partial charge in [0.2, 0.25) is 16.0 Å². The van der Waals surface area contributed by atoms with Crippen LogP contribution in [0.25, 0.3) is 11.3 Å². The number of esters is 1. The number of aromatic nitrogens is 2. The molecule has 3 unspecified atom stereocenters. The molecule has 2 aliphatic rings. The summed E-state index contributed by atoms with van der Waals surface area (Å²) in [5.74, 6) is 0.111. The van der Waals surface area contributed by atoms with E-state index in [4.69, 9.17) is 4.74 Å². The lowest BCUT2D eigenvalue weighted by molar-refractivity contribution is -0.141. The van der Waals surface area contributed by atoms with E-state index in [2.05, 4.69) is 9.97 Å². The van der Waals surface area contributed by atoms with E-state index in [9.17, 15) is 17.6 Å². The summed E-state index contributed by atoms with van der Waals surface area (Å²) in [5, 5.41) is 0. The van der Waals surface area contributed by atoms with Crippen molar-refractivity contribution in [3.05, 3.63) is 40.8 Å². The Morgan fingerprint density at radius 3 is 2.66 bits per heavy atom. The number of ether oxygens (including phenoxy) is 1. The molecule has 1 aromatic heterocycles. The van der Waals surface area contributed by atoms with E-state index in [0.717, 1.165) is 39.4 Å². The fraction of sp³-hybridized carbons (Fsp3) is 0.522. The van der Waals surface area contributed by atoms with Gasteiger partial charge >= 0.3 is 5.97 Å². The highest BCUT2D eigenvalue weighted by atomic mass is 32.2. The molecular formula is C23H28FN3O4S. The SMILES string of the molecule is COC(=O)CC1CC1C1Cc2c(nc(N(C)S(C)(=O)=O)nc2C(C)C)-c2ccc(F)cc21. The van der Waals surface area contributed by atoms with Gasteiger partial charge in [-0.1, -0.05) is 13.8 Å². The lowest BCUT2D eigenvalue weighted by Gasteiger charge is -2.31. The average molecular weight is 462 g/mol. The summed E-state index contributed by atoms with van der Waals surface area (Å²) in [6, 6.07) is 4.67. The van der Waals surface area contributed by atoms with Crippen LogP contribution in [0.4, 0.5) is 10.3 Å². The Labute approximate surface area is 188 Å². The van der Waals surface area contributed by atoms with Gasteiger partial charge in [0.1, 0.15) is 5.82 Å². The molecule has 1 aromatic carbocycles. The zero-order valence-electron chi connectivity index (χ0n) is 18.9. The Hall–Kier alpha value is -2.55. The third-order valence-electron chi connectivity index (χ3n) is 6.60. The first-order valence-corrected chi connectivity index (χ1v) is 12.6. The standard InChI is InChI=1S/C23H28FN3O4S/c1-12(2)21-19-11-18(16-8-13(16)9-20(28)31-4)17-10-14(24)6-7-15(17)22(19)26-23(25-21)27(3)32(5,29)30/h6-7,10,12-13,16,18H,8-9,11H2,1-5H3. The molecule has 7 nitrogen and oxygen atoms in total. The minimum atomic E-state index is -3.54. The minimum Gasteiger partial charge on any atom is -0.469 e. The molecule has 1 saturated carbocycles. The summed E-state index contributed by atoms with van der Waals surface area (Å²) >= 11 is 0. The molecule has 0 spiro atoms. The number of nitrogens with zero attached hydrogens (tertiary/aromatic N) is 3. The van der Waals surface area contributed by atoms with Gasteiger partial charge in [0.15, 0.2) is 0 Å². The minimum absolute atomic E-state index is 0.0439. The molecule has 3 atom stereocenters. The molecule has 0 amide bonds. The van der Waals surface area contributed by atoms with Gasteiger partial charge < -0.3 is 4.74 Å². The zero-order chi connectivity index (χ0) is 23.4. The molecule has 32 heavy (non-hydrogen) atoms. The van der Waals surface area contributed by atoms with Gasteiger partial charge in [-0.15, -0.1) is 0 Å². The van der Waals surface area contributed by atoms with Gasteiger partial charge in [-0.25, -0.2) is 27.1 Å². The van der Waals surface area contributed by atoms with Crippen LogP contribution in [0.5, 0.6) is 0 Å². The largest absolute Gasteiger partial charge is 0.469 e. The molecule has 9 heteroatoms. The molecule has 0 aliphatic heterocycles. The van der Waals surface area contributed by atoms with E-state index < -0.39 is 10.0 Å². The number of methoxy groups -OCH3 is 1. The van der Waals surface area contributed by atoms with Crippen LogP contribution in [0, 0.1) is 17.7 Å². The van der Waals surface area contributed by atoms with Gasteiger partial charge in [-0.2, -0.15) is 0 Å². The van der Waals surface area contributed by atoms with E-state index in [-0.39, 0.29) is 41.4 Å². The van der Waals surface area contributed by atoms with E-state index in [0.29, 0.717) is 18.5 Å². The van der Waals surface area contributed by atoms with Gasteiger partial charge in [0.05, 0.1) is 24.8 Å². The molecule has 1 heterocycles. The number of hydrogen-bond acceptors (Lipinski definition) is 6. The van der Waals surface area contributed by atoms with Crippen LogP contribution in [0.1, 0.15) is 55.3 Å². The molecule has 172 valence electrons. The highest BCUT2D eigenvalue weighted by Crippen LogP contribution is 2.56. The van der Waals surface area contributed by atoms with Crippen LogP contribution < -0.4 is 4.31 Å². The Morgan fingerprint density at radius 1 is 1.31 bits per heavy atom. The van der Waals surface area contributed by atoms with Gasteiger partial charge in [0, 0.05) is 24.6 Å². The highest BCUT2D eigenvalue weighted by molar-refractivity contribution is 7.92. The van der Waals surface area contributed by atoms with Crippen molar-refractivity contribution in [3.63, 3.8) is 0 Å². The lowest BCUT2D eigenvalue weighted by atomic mass is 9.76. The maximum absolute atomic E-state index is 14.3. The van der Waals surface area contributed by atoms with Crippen molar-refractivity contribution >= 4 is 21.9 Å². The number of halogens is 1. The third-order valence-corrected chi connectivity index (χ3v) is 7.75. The molecule has 0 bridgehead atoms. The number of benzene rings is 1. The van der Waals surface area contributed by atoms with Crippen LogP contribution in [-0.4, -0.2) is 44.8 Å². The first-order valence-electron chi connectivity index (χ1n) is 10.7. The smallest absolute Gasteiger partial charge is 0.305 e. The quantitative estimate of drug-likeness (QED) is 0.610. The third kappa shape index (κ3) is 4.10. The normalized spacial score (nSPS) is 21.7. The Kier molecular flexibility index (Phi) is 5.73. The number of fused-ring (bicyclic) bond motifs is 3. The second-order valence-corrected chi connectivity index (χ2v) is 11.1. The molecule has 0 saturated heterocycles. The number of rotatable bonds is 6. The summed E-state index contributed by atoms with van der Waals surface area (Å²) in [5.41, 5.74) is 4.08. The second-order valence-electron chi connectivity index (χ2n) is 9.10. The van der Waals surface area contributed by atoms with Crippen LogP contribution >= 0.6 is 0 Å². The first-order chi connectivity index (χ1) is 15.0. The molecule has 2 aliphatic carbocycles. The van der Waals surface area contributed by atoms with Crippen molar-refractivity contribution in [1.29, 1.82) is 0 Å². The number of anilines is 1. The first kappa shape index (κ1) is 22.6. The van der Waals surface area contributed by atoms with Crippen molar-refractivity contribution in [1.82, 2.24) is 9.97 Å². The summed E-state index contributed by atoms with van der Waals surface area (Å²) < 4.78 is 44.4. The average Bonchev–Trinajstić information content (AvgIpc) is 3.49. The number of carbonyl (C=O) groups excluding carboxylic acids is 1.